The highest BCUT2D eigenvalue weighted by Gasteiger charge is 2.25. The van der Waals surface area contributed by atoms with Gasteiger partial charge in [-0.05, 0) is 43.2 Å². The van der Waals surface area contributed by atoms with E-state index < -0.39 is 10.0 Å². The number of para-hydroxylation sites is 2. The maximum atomic E-state index is 12.9. The molecule has 2 amide bonds. The van der Waals surface area contributed by atoms with Crippen LogP contribution in [0, 0.1) is 0 Å². The summed E-state index contributed by atoms with van der Waals surface area (Å²) in [5, 5.41) is 2.72. The lowest BCUT2D eigenvalue weighted by Gasteiger charge is -2.29. The quantitative estimate of drug-likeness (QED) is 0.675. The van der Waals surface area contributed by atoms with Crippen LogP contribution in [-0.2, 0) is 19.6 Å². The van der Waals surface area contributed by atoms with Crippen molar-refractivity contribution in [2.24, 2.45) is 4.40 Å². The van der Waals surface area contributed by atoms with Crippen molar-refractivity contribution < 1.29 is 22.7 Å². The van der Waals surface area contributed by atoms with E-state index in [0.29, 0.717) is 29.4 Å². The first kappa shape index (κ1) is 23.7. The average molecular weight is 485 g/mol. The second kappa shape index (κ2) is 10.3. The molecule has 4 rings (SSSR count). The van der Waals surface area contributed by atoms with Gasteiger partial charge in [-0.15, -0.1) is 4.40 Å². The standard InChI is InChI=1S/C24H28N4O5S/c1-27-14-6-2-3-12-22(27)26-34(31,32)19-9-7-8-18(16-19)25-23(29)13-15-28-20-10-4-5-11-21(20)33-17-24(28)30/h4-5,7-11,16H,2-3,6,12-15,17H2,1H3,(H,25,29)/b26-22-. The Bertz CT molecular complexity index is 1210. The Kier molecular flexibility index (Phi) is 7.16. The van der Waals surface area contributed by atoms with Crippen molar-refractivity contribution in [3.63, 3.8) is 0 Å². The zero-order valence-corrected chi connectivity index (χ0v) is 19.9. The maximum Gasteiger partial charge on any atom is 0.284 e. The fourth-order valence-corrected chi connectivity index (χ4v) is 5.15. The first-order valence-electron chi connectivity index (χ1n) is 11.3. The van der Waals surface area contributed by atoms with Crippen LogP contribution < -0.4 is 15.0 Å². The Morgan fingerprint density at radius 2 is 1.94 bits per heavy atom. The number of carbonyl (C=O) groups is 2. The van der Waals surface area contributed by atoms with E-state index in [1.165, 1.54) is 17.0 Å². The van der Waals surface area contributed by atoms with Crippen LogP contribution in [0.5, 0.6) is 5.75 Å². The molecule has 0 radical (unpaired) electrons. The Balaban J connectivity index is 1.42. The molecule has 1 fully saturated rings. The van der Waals surface area contributed by atoms with E-state index in [-0.39, 0.29) is 36.3 Å². The molecule has 2 heterocycles. The lowest BCUT2D eigenvalue weighted by molar-refractivity contribution is -0.121. The molecule has 0 aromatic heterocycles. The summed E-state index contributed by atoms with van der Waals surface area (Å²) in [5.74, 6) is 0.604. The molecule has 2 aromatic carbocycles. The smallest absolute Gasteiger partial charge is 0.284 e. The summed E-state index contributed by atoms with van der Waals surface area (Å²) in [4.78, 5) is 28.3. The van der Waals surface area contributed by atoms with E-state index >= 15 is 0 Å². The molecule has 1 N–H and O–H groups in total. The van der Waals surface area contributed by atoms with E-state index in [4.69, 9.17) is 4.74 Å². The monoisotopic (exact) mass is 484 g/mol. The number of amides is 2. The fourth-order valence-electron chi connectivity index (χ4n) is 4.01. The van der Waals surface area contributed by atoms with Crippen molar-refractivity contribution in [1.29, 1.82) is 0 Å². The van der Waals surface area contributed by atoms with Crippen molar-refractivity contribution in [3.05, 3.63) is 48.5 Å². The first-order valence-corrected chi connectivity index (χ1v) is 12.7. The molecule has 2 aliphatic heterocycles. The molecular weight excluding hydrogens is 456 g/mol. The van der Waals surface area contributed by atoms with Gasteiger partial charge in [-0.2, -0.15) is 8.42 Å². The molecule has 0 saturated carbocycles. The molecule has 0 bridgehead atoms. The van der Waals surface area contributed by atoms with Gasteiger partial charge >= 0.3 is 0 Å². The SMILES string of the molecule is CN1CCCCC/C1=N/S(=O)(=O)c1cccc(NC(=O)CCN2C(=O)COc3ccccc32)c1. The average Bonchev–Trinajstić information content (AvgIpc) is 3.02. The zero-order valence-electron chi connectivity index (χ0n) is 19.1. The van der Waals surface area contributed by atoms with Crippen LogP contribution in [0.4, 0.5) is 11.4 Å². The third-order valence-corrected chi connectivity index (χ3v) is 7.15. The first-order chi connectivity index (χ1) is 16.3. The maximum absolute atomic E-state index is 12.9. The van der Waals surface area contributed by atoms with E-state index in [0.717, 1.165) is 25.8 Å². The fraction of sp³-hybridized carbons (Fsp3) is 0.375. The number of hydrogen-bond donors (Lipinski definition) is 1. The summed E-state index contributed by atoms with van der Waals surface area (Å²) in [5.41, 5.74) is 0.983. The van der Waals surface area contributed by atoms with Gasteiger partial charge in [0, 0.05) is 38.7 Å². The van der Waals surface area contributed by atoms with Crippen molar-refractivity contribution in [3.8, 4) is 5.75 Å². The van der Waals surface area contributed by atoms with Gasteiger partial charge in [-0.25, -0.2) is 0 Å². The topological polar surface area (TPSA) is 108 Å². The molecular formula is C24H28N4O5S. The van der Waals surface area contributed by atoms with E-state index in [1.54, 1.807) is 30.3 Å². The number of sulfonamides is 1. The number of likely N-dealkylation sites (tertiary alicyclic amines) is 1. The Morgan fingerprint density at radius 3 is 2.79 bits per heavy atom. The van der Waals surface area contributed by atoms with Gasteiger partial charge < -0.3 is 19.9 Å². The number of nitrogens with zero attached hydrogens (tertiary/aromatic N) is 3. The molecule has 0 unspecified atom stereocenters. The van der Waals surface area contributed by atoms with Crippen molar-refractivity contribution in [1.82, 2.24) is 4.90 Å². The molecule has 1 saturated heterocycles. The number of amidine groups is 1. The number of benzene rings is 2. The molecule has 9 nitrogen and oxygen atoms in total. The van der Waals surface area contributed by atoms with Crippen LogP contribution >= 0.6 is 0 Å². The Labute approximate surface area is 199 Å². The van der Waals surface area contributed by atoms with E-state index in [2.05, 4.69) is 9.71 Å². The number of rotatable bonds is 6. The highest BCUT2D eigenvalue weighted by Crippen LogP contribution is 2.31. The summed E-state index contributed by atoms with van der Waals surface area (Å²) in [6.07, 6.45) is 3.63. The minimum absolute atomic E-state index is 0.0210. The number of carbonyl (C=O) groups excluding carboxylic acids is 2. The van der Waals surface area contributed by atoms with Crippen LogP contribution in [0.3, 0.4) is 0 Å². The van der Waals surface area contributed by atoms with Gasteiger partial charge in [0.1, 0.15) is 11.6 Å². The highest BCUT2D eigenvalue weighted by atomic mass is 32.2. The van der Waals surface area contributed by atoms with Gasteiger partial charge in [0.05, 0.1) is 10.6 Å². The lowest BCUT2D eigenvalue weighted by atomic mass is 10.2. The van der Waals surface area contributed by atoms with Gasteiger partial charge in [-0.3, -0.25) is 9.59 Å². The largest absolute Gasteiger partial charge is 0.482 e. The van der Waals surface area contributed by atoms with E-state index in [9.17, 15) is 18.0 Å². The summed E-state index contributed by atoms with van der Waals surface area (Å²) >= 11 is 0. The Morgan fingerprint density at radius 1 is 1.12 bits per heavy atom. The van der Waals surface area contributed by atoms with Crippen LogP contribution in [0.15, 0.2) is 57.8 Å². The van der Waals surface area contributed by atoms with Crippen molar-refractivity contribution in [2.45, 2.75) is 37.0 Å². The molecule has 34 heavy (non-hydrogen) atoms. The number of nitrogens with one attached hydrogen (secondary N) is 1. The van der Waals surface area contributed by atoms with Crippen LogP contribution in [-0.4, -0.2) is 57.7 Å². The van der Waals surface area contributed by atoms with Gasteiger partial charge in [0.25, 0.3) is 15.9 Å². The van der Waals surface area contributed by atoms with Gasteiger partial charge in [0.15, 0.2) is 6.61 Å². The zero-order chi connectivity index (χ0) is 24.1. The van der Waals surface area contributed by atoms with Crippen LogP contribution in [0.25, 0.3) is 0 Å². The Hall–Kier alpha value is -3.40. The third-order valence-electron chi connectivity index (χ3n) is 5.85. The molecule has 2 aliphatic rings. The number of anilines is 2. The van der Waals surface area contributed by atoms with Gasteiger partial charge in [0.2, 0.25) is 5.91 Å². The van der Waals surface area contributed by atoms with Crippen LogP contribution in [0.2, 0.25) is 0 Å². The number of hydrogen-bond acceptors (Lipinski definition) is 5. The van der Waals surface area contributed by atoms with Crippen LogP contribution in [0.1, 0.15) is 32.1 Å². The summed E-state index contributed by atoms with van der Waals surface area (Å²) in [6, 6.07) is 13.2. The summed E-state index contributed by atoms with van der Waals surface area (Å²) < 4.78 is 35.3. The minimum atomic E-state index is -3.91. The predicted octanol–water partition coefficient (Wildman–Crippen LogP) is 3.03. The van der Waals surface area contributed by atoms with Gasteiger partial charge in [-0.1, -0.05) is 24.6 Å². The molecule has 0 atom stereocenters. The van der Waals surface area contributed by atoms with Crippen molar-refractivity contribution >= 4 is 39.0 Å². The second-order valence-corrected chi connectivity index (χ2v) is 9.95. The predicted molar refractivity (Wildman–Crippen MR) is 130 cm³/mol. The minimum Gasteiger partial charge on any atom is -0.482 e. The van der Waals surface area contributed by atoms with Crippen molar-refractivity contribution in [2.75, 3.05) is 37.0 Å². The summed E-state index contributed by atoms with van der Waals surface area (Å²) in [6.45, 7) is 0.889. The second-order valence-electron chi connectivity index (χ2n) is 8.34. The third kappa shape index (κ3) is 5.56. The number of ether oxygens (including phenoxy) is 1. The molecule has 180 valence electrons. The molecule has 0 aliphatic carbocycles. The summed E-state index contributed by atoms with van der Waals surface area (Å²) in [7, 11) is -2.05. The number of fused-ring (bicyclic) bond motifs is 1. The molecule has 10 heteroatoms. The lowest BCUT2D eigenvalue weighted by Crippen LogP contribution is -2.40. The normalized spacial score (nSPS) is 17.7. The highest BCUT2D eigenvalue weighted by molar-refractivity contribution is 7.90. The van der Waals surface area contributed by atoms with E-state index in [1.807, 2.05) is 18.0 Å². The molecule has 2 aromatic rings. The molecule has 0 spiro atoms.